The molecular formula is C48H34S2. The highest BCUT2D eigenvalue weighted by atomic mass is 33.1. The Morgan fingerprint density at radius 2 is 0.420 bits per heavy atom. The standard InChI is InChI=1S/C48H34S2/c1-7-19-35(20-8-1)41-31-33-43(37-23-11-3-12-24-37)47(45(41)39-27-15-5-16-28-39)49-50-48-44(38-25-13-4-14-26-38)34-32-42(36-21-9-2-10-22-36)46(48)40-29-17-6-18-30-40/h1-34H. The first-order valence-corrected chi connectivity index (χ1v) is 19.0. The normalized spacial score (nSPS) is 11.0. The summed E-state index contributed by atoms with van der Waals surface area (Å²) in [5, 5.41) is 0. The maximum Gasteiger partial charge on any atom is 0.0349 e. The Kier molecular flexibility index (Phi) is 9.46. The summed E-state index contributed by atoms with van der Waals surface area (Å²) >= 11 is 0. The number of benzene rings is 8. The van der Waals surface area contributed by atoms with Crippen molar-refractivity contribution in [3.8, 4) is 66.8 Å². The third-order valence-electron chi connectivity index (χ3n) is 8.99. The van der Waals surface area contributed by atoms with Crippen LogP contribution in [-0.2, 0) is 0 Å². The quantitative estimate of drug-likeness (QED) is 0.140. The van der Waals surface area contributed by atoms with Gasteiger partial charge in [0.1, 0.15) is 0 Å². The molecule has 0 aliphatic rings. The number of hydrogen-bond acceptors (Lipinski definition) is 2. The summed E-state index contributed by atoms with van der Waals surface area (Å²) in [6, 6.07) is 74.1. The molecule has 8 aromatic carbocycles. The monoisotopic (exact) mass is 674 g/mol. The van der Waals surface area contributed by atoms with E-state index in [2.05, 4.69) is 206 Å². The van der Waals surface area contributed by atoms with Crippen molar-refractivity contribution < 1.29 is 0 Å². The minimum Gasteiger partial charge on any atom is -0.0622 e. The van der Waals surface area contributed by atoms with E-state index in [0.29, 0.717) is 0 Å². The first kappa shape index (κ1) is 31.7. The fourth-order valence-corrected chi connectivity index (χ4v) is 9.49. The van der Waals surface area contributed by atoms with Crippen LogP contribution in [0.2, 0.25) is 0 Å². The van der Waals surface area contributed by atoms with Crippen LogP contribution in [0.1, 0.15) is 0 Å². The topological polar surface area (TPSA) is 0 Å². The van der Waals surface area contributed by atoms with E-state index in [0.717, 1.165) is 0 Å². The van der Waals surface area contributed by atoms with Gasteiger partial charge in [0, 0.05) is 20.9 Å². The molecule has 8 aromatic rings. The molecule has 0 atom stereocenters. The van der Waals surface area contributed by atoms with Crippen molar-refractivity contribution in [1.29, 1.82) is 0 Å². The molecule has 0 N–H and O–H groups in total. The predicted octanol–water partition coefficient (Wildman–Crippen LogP) is 14.5. The summed E-state index contributed by atoms with van der Waals surface area (Å²) in [7, 11) is 3.73. The molecule has 0 unspecified atom stereocenters. The zero-order chi connectivity index (χ0) is 33.5. The van der Waals surface area contributed by atoms with Gasteiger partial charge >= 0.3 is 0 Å². The molecule has 8 rings (SSSR count). The first-order chi connectivity index (χ1) is 24.8. The Morgan fingerprint density at radius 3 is 0.700 bits per heavy atom. The van der Waals surface area contributed by atoms with Gasteiger partial charge in [-0.05, 0) is 55.6 Å². The summed E-state index contributed by atoms with van der Waals surface area (Å²) in [6.07, 6.45) is 0. The molecule has 50 heavy (non-hydrogen) atoms. The Bertz CT molecular complexity index is 2150. The van der Waals surface area contributed by atoms with Crippen LogP contribution in [0.15, 0.2) is 216 Å². The van der Waals surface area contributed by atoms with Crippen molar-refractivity contribution in [2.45, 2.75) is 9.79 Å². The van der Waals surface area contributed by atoms with Gasteiger partial charge in [-0.2, -0.15) is 0 Å². The Morgan fingerprint density at radius 1 is 0.200 bits per heavy atom. The summed E-state index contributed by atoms with van der Waals surface area (Å²) in [5.41, 5.74) is 14.6. The van der Waals surface area contributed by atoms with E-state index in [1.54, 1.807) is 0 Å². The van der Waals surface area contributed by atoms with E-state index in [4.69, 9.17) is 0 Å². The molecule has 2 heteroatoms. The van der Waals surface area contributed by atoms with Gasteiger partial charge in [-0.25, -0.2) is 0 Å². The zero-order valence-electron chi connectivity index (χ0n) is 27.4. The Labute approximate surface area is 302 Å². The van der Waals surface area contributed by atoms with Crippen molar-refractivity contribution in [3.63, 3.8) is 0 Å². The minimum absolute atomic E-state index is 1.21. The average molecular weight is 675 g/mol. The van der Waals surface area contributed by atoms with Crippen molar-refractivity contribution in [1.82, 2.24) is 0 Å². The van der Waals surface area contributed by atoms with Gasteiger partial charge in [-0.3, -0.25) is 0 Å². The predicted molar refractivity (Wildman–Crippen MR) is 217 cm³/mol. The van der Waals surface area contributed by atoms with E-state index in [-0.39, 0.29) is 0 Å². The van der Waals surface area contributed by atoms with E-state index in [9.17, 15) is 0 Å². The lowest BCUT2D eigenvalue weighted by Crippen LogP contribution is -1.94. The summed E-state index contributed by atoms with van der Waals surface area (Å²) < 4.78 is 0. The largest absolute Gasteiger partial charge is 0.0622 e. The molecule has 0 bridgehead atoms. The smallest absolute Gasteiger partial charge is 0.0349 e. The molecule has 0 saturated heterocycles. The van der Waals surface area contributed by atoms with Crippen molar-refractivity contribution in [2.75, 3.05) is 0 Å². The third kappa shape index (κ3) is 6.56. The second-order valence-corrected chi connectivity index (χ2v) is 14.2. The molecule has 0 aliphatic heterocycles. The molecule has 0 radical (unpaired) electrons. The molecule has 0 amide bonds. The summed E-state index contributed by atoms with van der Waals surface area (Å²) in [5.74, 6) is 0. The molecule has 0 aromatic heterocycles. The van der Waals surface area contributed by atoms with Gasteiger partial charge in [0.15, 0.2) is 0 Å². The highest BCUT2D eigenvalue weighted by molar-refractivity contribution is 8.76. The fourth-order valence-electron chi connectivity index (χ4n) is 6.61. The fraction of sp³-hybridized carbons (Fsp3) is 0. The van der Waals surface area contributed by atoms with Gasteiger partial charge in [0.05, 0.1) is 0 Å². The van der Waals surface area contributed by atoms with Gasteiger partial charge in [-0.15, -0.1) is 0 Å². The van der Waals surface area contributed by atoms with Crippen LogP contribution in [0, 0.1) is 0 Å². The van der Waals surface area contributed by atoms with Gasteiger partial charge in [0.25, 0.3) is 0 Å². The van der Waals surface area contributed by atoms with Crippen LogP contribution in [0.4, 0.5) is 0 Å². The SMILES string of the molecule is c1ccc(-c2ccc(-c3ccccc3)c(-c3ccccc3)c2SSc2c(-c3ccccc3)ccc(-c3ccccc3)c2-c2ccccc2)cc1. The molecule has 238 valence electrons. The van der Waals surface area contributed by atoms with Gasteiger partial charge in [0.2, 0.25) is 0 Å². The van der Waals surface area contributed by atoms with Crippen molar-refractivity contribution in [3.05, 3.63) is 206 Å². The van der Waals surface area contributed by atoms with Crippen LogP contribution in [-0.4, -0.2) is 0 Å². The highest BCUT2D eigenvalue weighted by Crippen LogP contribution is 2.55. The van der Waals surface area contributed by atoms with Crippen LogP contribution < -0.4 is 0 Å². The van der Waals surface area contributed by atoms with E-state index in [1.165, 1.54) is 76.6 Å². The maximum absolute atomic E-state index is 2.31. The molecule has 0 saturated carbocycles. The Balaban J connectivity index is 1.39. The first-order valence-electron chi connectivity index (χ1n) is 16.9. The van der Waals surface area contributed by atoms with Gasteiger partial charge in [-0.1, -0.05) is 228 Å². The van der Waals surface area contributed by atoms with Crippen LogP contribution in [0.5, 0.6) is 0 Å². The van der Waals surface area contributed by atoms with Crippen molar-refractivity contribution in [2.24, 2.45) is 0 Å². The van der Waals surface area contributed by atoms with Crippen molar-refractivity contribution >= 4 is 21.6 Å². The third-order valence-corrected chi connectivity index (χ3v) is 11.5. The van der Waals surface area contributed by atoms with Crippen LogP contribution >= 0.6 is 21.6 Å². The molecular weight excluding hydrogens is 641 g/mol. The molecule has 0 heterocycles. The summed E-state index contributed by atoms with van der Waals surface area (Å²) in [6.45, 7) is 0. The number of rotatable bonds is 9. The average Bonchev–Trinajstić information content (AvgIpc) is 3.21. The summed E-state index contributed by atoms with van der Waals surface area (Å²) in [4.78, 5) is 2.49. The van der Waals surface area contributed by atoms with Crippen LogP contribution in [0.25, 0.3) is 66.8 Å². The lowest BCUT2D eigenvalue weighted by Gasteiger charge is -2.22. The highest BCUT2D eigenvalue weighted by Gasteiger charge is 2.23. The molecule has 0 fully saturated rings. The molecule has 0 nitrogen and oxygen atoms in total. The van der Waals surface area contributed by atoms with E-state index in [1.807, 2.05) is 21.6 Å². The second kappa shape index (κ2) is 14.9. The van der Waals surface area contributed by atoms with E-state index >= 15 is 0 Å². The Hall–Kier alpha value is -5.54. The number of hydrogen-bond donors (Lipinski definition) is 0. The zero-order valence-corrected chi connectivity index (χ0v) is 29.1. The lowest BCUT2D eigenvalue weighted by molar-refractivity contribution is 1.42. The molecule has 0 aliphatic carbocycles. The lowest BCUT2D eigenvalue weighted by atomic mass is 9.91. The molecule has 0 spiro atoms. The minimum atomic E-state index is 1.21. The van der Waals surface area contributed by atoms with Crippen LogP contribution in [0.3, 0.4) is 0 Å². The maximum atomic E-state index is 2.31. The second-order valence-electron chi connectivity index (χ2n) is 12.1. The van der Waals surface area contributed by atoms with E-state index < -0.39 is 0 Å². The van der Waals surface area contributed by atoms with Gasteiger partial charge < -0.3 is 0 Å².